The van der Waals surface area contributed by atoms with E-state index in [1.807, 2.05) is 7.05 Å². The van der Waals surface area contributed by atoms with E-state index in [2.05, 4.69) is 14.5 Å². The van der Waals surface area contributed by atoms with Gasteiger partial charge in [-0.3, -0.25) is 9.69 Å². The number of ether oxygens (including phenoxy) is 1. The molecule has 1 saturated heterocycles. The molecule has 0 aromatic heterocycles. The van der Waals surface area contributed by atoms with Crippen molar-refractivity contribution in [1.29, 1.82) is 0 Å². The second-order valence-corrected chi connectivity index (χ2v) is 6.95. The number of alkyl halides is 3. The van der Waals surface area contributed by atoms with Crippen molar-refractivity contribution >= 4 is 5.78 Å². The number of likely N-dealkylation sites (N-methyl/N-ethyl adjacent to an activating group) is 1. The van der Waals surface area contributed by atoms with Gasteiger partial charge in [0.25, 0.3) is 0 Å². The third-order valence-electron chi connectivity index (χ3n) is 4.53. The van der Waals surface area contributed by atoms with Gasteiger partial charge in [-0.2, -0.15) is 0 Å². The average Bonchev–Trinajstić information content (AvgIpc) is 2.54. The zero-order valence-corrected chi connectivity index (χ0v) is 15.1. The van der Waals surface area contributed by atoms with Crippen molar-refractivity contribution in [3.8, 4) is 5.75 Å². The molecule has 2 rings (SSSR count). The summed E-state index contributed by atoms with van der Waals surface area (Å²) in [6.45, 7) is 7.26. The van der Waals surface area contributed by atoms with Gasteiger partial charge in [-0.05, 0) is 24.7 Å². The highest BCUT2D eigenvalue weighted by Gasteiger charge is 2.33. The Kier molecular flexibility index (Phi) is 6.63. The number of carbonyl (C=O) groups excluding carboxylic acids is 1. The highest BCUT2D eigenvalue weighted by molar-refractivity contribution is 5.87. The van der Waals surface area contributed by atoms with Gasteiger partial charge in [0, 0.05) is 38.6 Å². The third kappa shape index (κ3) is 5.67. The summed E-state index contributed by atoms with van der Waals surface area (Å²) in [6, 6.07) is 3.25. The first-order chi connectivity index (χ1) is 12.1. The Morgan fingerprint density at radius 3 is 2.31 bits per heavy atom. The van der Waals surface area contributed by atoms with E-state index < -0.39 is 23.8 Å². The Labute approximate surface area is 150 Å². The van der Waals surface area contributed by atoms with Crippen LogP contribution in [0.2, 0.25) is 0 Å². The van der Waals surface area contributed by atoms with Crippen LogP contribution < -0.4 is 4.74 Å². The zero-order valence-electron chi connectivity index (χ0n) is 15.1. The first-order valence-electron chi connectivity index (χ1n) is 8.56. The molecule has 146 valence electrons. The fourth-order valence-electron chi connectivity index (χ4n) is 2.99. The number of Topliss-reactive ketones (excluding diaryl/α,β-unsaturated/α-hetero) is 1. The largest absolute Gasteiger partial charge is 0.573 e. The minimum atomic E-state index is -4.96. The lowest BCUT2D eigenvalue weighted by Crippen LogP contribution is -2.46. The summed E-state index contributed by atoms with van der Waals surface area (Å²) >= 11 is 0. The molecular formula is C18H24F4N2O2. The summed E-state index contributed by atoms with van der Waals surface area (Å²) in [5.74, 6) is -2.93. The lowest BCUT2D eigenvalue weighted by Gasteiger charge is -2.34. The Hall–Kier alpha value is -1.67. The third-order valence-corrected chi connectivity index (χ3v) is 4.53. The van der Waals surface area contributed by atoms with Gasteiger partial charge >= 0.3 is 6.36 Å². The summed E-state index contributed by atoms with van der Waals surface area (Å²) in [7, 11) is 2.02. The van der Waals surface area contributed by atoms with Crippen molar-refractivity contribution in [3.63, 3.8) is 0 Å². The number of hydrogen-bond donors (Lipinski definition) is 0. The molecule has 0 amide bonds. The summed E-state index contributed by atoms with van der Waals surface area (Å²) in [4.78, 5) is 16.9. The summed E-state index contributed by atoms with van der Waals surface area (Å²) in [5, 5.41) is 0. The predicted octanol–water partition coefficient (Wildman–Crippen LogP) is 3.28. The van der Waals surface area contributed by atoms with E-state index in [-0.39, 0.29) is 11.7 Å². The number of benzene rings is 1. The van der Waals surface area contributed by atoms with Gasteiger partial charge in [-0.15, -0.1) is 13.2 Å². The maximum atomic E-state index is 14.1. The van der Waals surface area contributed by atoms with Crippen molar-refractivity contribution in [3.05, 3.63) is 29.6 Å². The molecule has 8 heteroatoms. The highest BCUT2D eigenvalue weighted by atomic mass is 19.4. The summed E-state index contributed by atoms with van der Waals surface area (Å²) in [6.07, 6.45) is -4.96. The van der Waals surface area contributed by atoms with Crippen LogP contribution in [0.4, 0.5) is 17.6 Å². The quantitative estimate of drug-likeness (QED) is 0.714. The van der Waals surface area contributed by atoms with E-state index in [9.17, 15) is 22.4 Å². The first-order valence-corrected chi connectivity index (χ1v) is 8.56. The summed E-state index contributed by atoms with van der Waals surface area (Å²) < 4.78 is 54.6. The van der Waals surface area contributed by atoms with Crippen LogP contribution in [0.1, 0.15) is 25.3 Å². The summed E-state index contributed by atoms with van der Waals surface area (Å²) in [5.41, 5.74) is 0.370. The standard InChI is InChI=1S/C18H24F4N2O2/c1-12(2)17(25)14(11-24-8-6-23(3)7-9-24)13-4-5-16(15(19)10-13)26-18(20,21)22/h4-5,10,12,14H,6-9,11H2,1-3H3/t14-/m0/s1. The highest BCUT2D eigenvalue weighted by Crippen LogP contribution is 2.30. The molecule has 0 radical (unpaired) electrons. The Morgan fingerprint density at radius 2 is 1.81 bits per heavy atom. The second-order valence-electron chi connectivity index (χ2n) is 6.95. The first kappa shape index (κ1) is 20.6. The van der Waals surface area contributed by atoms with E-state index in [1.54, 1.807) is 13.8 Å². The van der Waals surface area contributed by atoms with Gasteiger partial charge in [-0.25, -0.2) is 4.39 Å². The number of halogens is 4. The van der Waals surface area contributed by atoms with Crippen molar-refractivity contribution in [2.45, 2.75) is 26.1 Å². The molecule has 0 aliphatic carbocycles. The van der Waals surface area contributed by atoms with Gasteiger partial charge < -0.3 is 9.64 Å². The number of piperazine rings is 1. The van der Waals surface area contributed by atoms with Crippen molar-refractivity contribution in [2.24, 2.45) is 5.92 Å². The van der Waals surface area contributed by atoms with Crippen LogP contribution in [-0.2, 0) is 4.79 Å². The van der Waals surface area contributed by atoms with Gasteiger partial charge in [0.15, 0.2) is 11.6 Å². The zero-order chi connectivity index (χ0) is 19.5. The second kappa shape index (κ2) is 8.35. The topological polar surface area (TPSA) is 32.8 Å². The number of carbonyl (C=O) groups is 1. The van der Waals surface area contributed by atoms with Crippen LogP contribution >= 0.6 is 0 Å². The Balaban J connectivity index is 2.22. The maximum absolute atomic E-state index is 14.1. The molecule has 0 spiro atoms. The van der Waals surface area contributed by atoms with Crippen LogP contribution in [-0.4, -0.2) is 61.7 Å². The minimum Gasteiger partial charge on any atom is -0.403 e. The van der Waals surface area contributed by atoms with Gasteiger partial charge in [0.2, 0.25) is 0 Å². The van der Waals surface area contributed by atoms with E-state index in [0.717, 1.165) is 38.3 Å². The normalized spacial score (nSPS) is 18.2. The molecule has 1 atom stereocenters. The molecular weight excluding hydrogens is 352 g/mol. The van der Waals surface area contributed by atoms with E-state index >= 15 is 0 Å². The van der Waals surface area contributed by atoms with Crippen LogP contribution in [0, 0.1) is 11.7 Å². The van der Waals surface area contributed by atoms with Gasteiger partial charge in [-0.1, -0.05) is 19.9 Å². The van der Waals surface area contributed by atoms with E-state index in [0.29, 0.717) is 12.1 Å². The van der Waals surface area contributed by atoms with Gasteiger partial charge in [0.05, 0.1) is 5.92 Å². The minimum absolute atomic E-state index is 0.0622. The van der Waals surface area contributed by atoms with E-state index in [4.69, 9.17) is 0 Å². The fraction of sp³-hybridized carbons (Fsp3) is 0.611. The molecule has 0 saturated carbocycles. The molecule has 1 aliphatic rings. The van der Waals surface area contributed by atoms with Gasteiger partial charge in [0.1, 0.15) is 5.78 Å². The number of ketones is 1. The molecule has 0 N–H and O–H groups in total. The van der Waals surface area contributed by atoms with Crippen LogP contribution in [0.25, 0.3) is 0 Å². The molecule has 0 unspecified atom stereocenters. The Bertz CT molecular complexity index is 626. The van der Waals surface area contributed by atoms with Crippen LogP contribution in [0.15, 0.2) is 18.2 Å². The Morgan fingerprint density at radius 1 is 1.19 bits per heavy atom. The molecule has 4 nitrogen and oxygen atoms in total. The monoisotopic (exact) mass is 376 g/mol. The SMILES string of the molecule is CC(C)C(=O)[C@@H](CN1CCN(C)CC1)c1ccc(OC(F)(F)F)c(F)c1. The molecule has 1 heterocycles. The fourth-order valence-corrected chi connectivity index (χ4v) is 2.99. The number of nitrogens with zero attached hydrogens (tertiary/aromatic N) is 2. The van der Waals surface area contributed by atoms with Crippen LogP contribution in [0.3, 0.4) is 0 Å². The molecule has 26 heavy (non-hydrogen) atoms. The smallest absolute Gasteiger partial charge is 0.403 e. The number of rotatable bonds is 6. The molecule has 1 aliphatic heterocycles. The number of hydrogen-bond acceptors (Lipinski definition) is 4. The molecule has 1 aromatic rings. The molecule has 1 fully saturated rings. The van der Waals surface area contributed by atoms with Crippen molar-refractivity contribution in [2.75, 3.05) is 39.8 Å². The molecule has 1 aromatic carbocycles. The average molecular weight is 376 g/mol. The van der Waals surface area contributed by atoms with Crippen LogP contribution in [0.5, 0.6) is 5.75 Å². The van der Waals surface area contributed by atoms with Crippen molar-refractivity contribution < 1.29 is 27.1 Å². The lowest BCUT2D eigenvalue weighted by atomic mass is 9.88. The molecule has 0 bridgehead atoms. The maximum Gasteiger partial charge on any atom is 0.573 e. The lowest BCUT2D eigenvalue weighted by molar-refractivity contribution is -0.275. The van der Waals surface area contributed by atoms with Crippen molar-refractivity contribution in [1.82, 2.24) is 9.80 Å². The van der Waals surface area contributed by atoms with E-state index in [1.165, 1.54) is 6.07 Å². The predicted molar refractivity (Wildman–Crippen MR) is 89.6 cm³/mol.